The fraction of sp³-hybridized carbons (Fsp3) is 0.300. The number of rotatable bonds is 6. The van der Waals surface area contributed by atoms with Crippen molar-refractivity contribution in [2.45, 2.75) is 26.1 Å². The van der Waals surface area contributed by atoms with Gasteiger partial charge < -0.3 is 15.1 Å². The number of amides is 3. The van der Waals surface area contributed by atoms with E-state index < -0.39 is 6.04 Å². The Hall–Kier alpha value is -2.82. The van der Waals surface area contributed by atoms with Crippen LogP contribution in [-0.2, 0) is 17.9 Å². The van der Waals surface area contributed by atoms with Gasteiger partial charge in [-0.3, -0.25) is 4.79 Å². The zero-order chi connectivity index (χ0) is 17.6. The monoisotopic (exact) mass is 337 g/mol. The van der Waals surface area contributed by atoms with Crippen LogP contribution in [0.1, 0.15) is 18.1 Å². The number of hydrogen-bond donors (Lipinski definition) is 1. The van der Waals surface area contributed by atoms with Crippen molar-refractivity contribution < 1.29 is 9.59 Å². The van der Waals surface area contributed by atoms with Gasteiger partial charge in [-0.05, 0) is 18.1 Å². The SMILES string of the molecule is CC(C(=O)NCc1ccccc1)N1CCN(Cc2ccccc2)C1=O. The van der Waals surface area contributed by atoms with E-state index in [1.807, 2.05) is 60.7 Å². The third kappa shape index (κ3) is 4.18. The summed E-state index contributed by atoms with van der Waals surface area (Å²) in [6.07, 6.45) is 0. The van der Waals surface area contributed by atoms with E-state index in [0.717, 1.165) is 11.1 Å². The lowest BCUT2D eigenvalue weighted by atomic mass is 10.2. The van der Waals surface area contributed by atoms with Crippen LogP contribution in [0.2, 0.25) is 0 Å². The molecule has 0 bridgehead atoms. The Morgan fingerprint density at radius 2 is 1.60 bits per heavy atom. The molecule has 1 N–H and O–H groups in total. The average molecular weight is 337 g/mol. The van der Waals surface area contributed by atoms with Crippen LogP contribution < -0.4 is 5.32 Å². The number of hydrogen-bond acceptors (Lipinski definition) is 2. The van der Waals surface area contributed by atoms with Crippen molar-refractivity contribution in [2.75, 3.05) is 13.1 Å². The van der Waals surface area contributed by atoms with Gasteiger partial charge in [0.1, 0.15) is 6.04 Å². The summed E-state index contributed by atoms with van der Waals surface area (Å²) >= 11 is 0. The van der Waals surface area contributed by atoms with Crippen LogP contribution in [0.5, 0.6) is 0 Å². The molecule has 1 aliphatic heterocycles. The van der Waals surface area contributed by atoms with Crippen molar-refractivity contribution in [3.63, 3.8) is 0 Å². The molecule has 2 aromatic carbocycles. The number of carbonyl (C=O) groups excluding carboxylic acids is 2. The second-order valence-electron chi connectivity index (χ2n) is 6.26. The minimum absolute atomic E-state index is 0.0776. The Morgan fingerprint density at radius 1 is 1.00 bits per heavy atom. The molecule has 1 heterocycles. The zero-order valence-electron chi connectivity index (χ0n) is 14.4. The highest BCUT2D eigenvalue weighted by molar-refractivity contribution is 5.87. The first kappa shape index (κ1) is 17.0. The van der Waals surface area contributed by atoms with E-state index in [1.165, 1.54) is 0 Å². The van der Waals surface area contributed by atoms with Gasteiger partial charge in [0.05, 0.1) is 0 Å². The molecule has 1 saturated heterocycles. The molecular formula is C20H23N3O2. The number of nitrogens with zero attached hydrogens (tertiary/aromatic N) is 2. The van der Waals surface area contributed by atoms with Gasteiger partial charge in [0, 0.05) is 26.2 Å². The van der Waals surface area contributed by atoms with Gasteiger partial charge in [0.2, 0.25) is 5.91 Å². The molecular weight excluding hydrogens is 314 g/mol. The molecule has 1 fully saturated rings. The van der Waals surface area contributed by atoms with Crippen molar-refractivity contribution in [1.82, 2.24) is 15.1 Å². The van der Waals surface area contributed by atoms with Gasteiger partial charge in [-0.2, -0.15) is 0 Å². The van der Waals surface area contributed by atoms with Gasteiger partial charge in [-0.15, -0.1) is 0 Å². The summed E-state index contributed by atoms with van der Waals surface area (Å²) in [6, 6.07) is 19.1. The summed E-state index contributed by atoms with van der Waals surface area (Å²) in [5.74, 6) is -0.126. The first-order valence-corrected chi connectivity index (χ1v) is 8.56. The lowest BCUT2D eigenvalue weighted by Gasteiger charge is -2.24. The van der Waals surface area contributed by atoms with Crippen molar-refractivity contribution in [3.05, 3.63) is 71.8 Å². The Kier molecular flexibility index (Phi) is 5.33. The lowest BCUT2D eigenvalue weighted by molar-refractivity contribution is -0.124. The number of nitrogens with one attached hydrogen (secondary N) is 1. The molecule has 5 heteroatoms. The van der Waals surface area contributed by atoms with Crippen LogP contribution in [0.25, 0.3) is 0 Å². The smallest absolute Gasteiger partial charge is 0.321 e. The van der Waals surface area contributed by atoms with E-state index in [1.54, 1.807) is 16.7 Å². The highest BCUT2D eigenvalue weighted by Crippen LogP contribution is 2.16. The van der Waals surface area contributed by atoms with Crippen LogP contribution in [0.15, 0.2) is 60.7 Å². The van der Waals surface area contributed by atoms with Crippen molar-refractivity contribution >= 4 is 11.9 Å². The Bertz CT molecular complexity index is 718. The Morgan fingerprint density at radius 3 is 2.24 bits per heavy atom. The molecule has 0 saturated carbocycles. The molecule has 5 nitrogen and oxygen atoms in total. The second kappa shape index (κ2) is 7.83. The Balaban J connectivity index is 1.54. The molecule has 0 aromatic heterocycles. The molecule has 1 unspecified atom stereocenters. The lowest BCUT2D eigenvalue weighted by Crippen LogP contribution is -2.46. The summed E-state index contributed by atoms with van der Waals surface area (Å²) in [6.45, 7) is 4.05. The molecule has 2 aromatic rings. The van der Waals surface area contributed by atoms with Gasteiger partial charge in [0.15, 0.2) is 0 Å². The van der Waals surface area contributed by atoms with E-state index >= 15 is 0 Å². The molecule has 3 rings (SSSR count). The van der Waals surface area contributed by atoms with Crippen molar-refractivity contribution in [1.29, 1.82) is 0 Å². The second-order valence-corrected chi connectivity index (χ2v) is 6.26. The fourth-order valence-electron chi connectivity index (χ4n) is 2.99. The molecule has 1 atom stereocenters. The van der Waals surface area contributed by atoms with Crippen LogP contribution in [0.3, 0.4) is 0 Å². The maximum absolute atomic E-state index is 12.6. The summed E-state index contributed by atoms with van der Waals surface area (Å²) in [7, 11) is 0. The van der Waals surface area contributed by atoms with Crippen LogP contribution in [-0.4, -0.2) is 40.9 Å². The van der Waals surface area contributed by atoms with Crippen LogP contribution in [0, 0.1) is 0 Å². The molecule has 25 heavy (non-hydrogen) atoms. The zero-order valence-corrected chi connectivity index (χ0v) is 14.4. The topological polar surface area (TPSA) is 52.7 Å². The van der Waals surface area contributed by atoms with Gasteiger partial charge >= 0.3 is 6.03 Å². The first-order valence-electron chi connectivity index (χ1n) is 8.56. The quantitative estimate of drug-likeness (QED) is 0.881. The predicted octanol–water partition coefficient (Wildman–Crippen LogP) is 2.63. The molecule has 130 valence electrons. The third-order valence-corrected chi connectivity index (χ3v) is 4.50. The van der Waals surface area contributed by atoms with Gasteiger partial charge in [-0.1, -0.05) is 60.7 Å². The Labute approximate surface area is 148 Å². The average Bonchev–Trinajstić information content (AvgIpc) is 3.01. The largest absolute Gasteiger partial charge is 0.350 e. The maximum Gasteiger partial charge on any atom is 0.321 e. The van der Waals surface area contributed by atoms with Gasteiger partial charge in [-0.25, -0.2) is 4.79 Å². The van der Waals surface area contributed by atoms with Crippen molar-refractivity contribution in [3.8, 4) is 0 Å². The summed E-state index contributed by atoms with van der Waals surface area (Å²) < 4.78 is 0. The normalized spacial score (nSPS) is 15.3. The minimum Gasteiger partial charge on any atom is -0.350 e. The van der Waals surface area contributed by atoms with Gasteiger partial charge in [0.25, 0.3) is 0 Å². The fourth-order valence-corrected chi connectivity index (χ4v) is 2.99. The maximum atomic E-state index is 12.6. The number of benzene rings is 2. The highest BCUT2D eigenvalue weighted by atomic mass is 16.2. The number of carbonyl (C=O) groups is 2. The predicted molar refractivity (Wildman–Crippen MR) is 96.7 cm³/mol. The molecule has 0 spiro atoms. The van der Waals surface area contributed by atoms with E-state index in [9.17, 15) is 9.59 Å². The van der Waals surface area contributed by atoms with Crippen LogP contribution in [0.4, 0.5) is 4.79 Å². The molecule has 0 aliphatic carbocycles. The standard InChI is InChI=1S/C20H23N3O2/c1-16(19(24)21-14-17-8-4-2-5-9-17)23-13-12-22(20(23)25)15-18-10-6-3-7-11-18/h2-11,16H,12-15H2,1H3,(H,21,24). The summed E-state index contributed by atoms with van der Waals surface area (Å²) in [5.41, 5.74) is 2.14. The van der Waals surface area contributed by atoms with E-state index in [2.05, 4.69) is 5.32 Å². The summed E-state index contributed by atoms with van der Waals surface area (Å²) in [5, 5.41) is 2.91. The van der Waals surface area contributed by atoms with E-state index in [4.69, 9.17) is 0 Å². The molecule has 0 radical (unpaired) electrons. The first-order chi connectivity index (χ1) is 12.1. The molecule has 1 aliphatic rings. The van der Waals surface area contributed by atoms with Crippen molar-refractivity contribution in [2.24, 2.45) is 0 Å². The highest BCUT2D eigenvalue weighted by Gasteiger charge is 2.34. The van der Waals surface area contributed by atoms with E-state index in [0.29, 0.717) is 26.2 Å². The molecule has 3 amide bonds. The third-order valence-electron chi connectivity index (χ3n) is 4.50. The van der Waals surface area contributed by atoms with E-state index in [-0.39, 0.29) is 11.9 Å². The minimum atomic E-state index is -0.475. The number of urea groups is 1. The van der Waals surface area contributed by atoms with Crippen LogP contribution >= 0.6 is 0 Å². The summed E-state index contributed by atoms with van der Waals surface area (Å²) in [4.78, 5) is 28.4.